The van der Waals surface area contributed by atoms with E-state index in [1.165, 1.54) is 24.1 Å². The van der Waals surface area contributed by atoms with Gasteiger partial charge in [0.2, 0.25) is 11.8 Å². The number of methoxy groups -OCH3 is 1. The summed E-state index contributed by atoms with van der Waals surface area (Å²) in [5.41, 5.74) is 2.95. The highest BCUT2D eigenvalue weighted by Gasteiger charge is 2.35. The predicted molar refractivity (Wildman–Crippen MR) is 181 cm³/mol. The van der Waals surface area contributed by atoms with Crippen molar-refractivity contribution in [3.8, 4) is 5.75 Å². The zero-order chi connectivity index (χ0) is 32.6. The van der Waals surface area contributed by atoms with Crippen molar-refractivity contribution in [2.45, 2.75) is 50.7 Å². The van der Waals surface area contributed by atoms with Crippen LogP contribution in [0, 0.1) is 6.92 Å². The summed E-state index contributed by atoms with van der Waals surface area (Å²) in [4.78, 5) is 29.7. The number of amides is 2. The number of nitrogens with one attached hydrogen (secondary N) is 1. The van der Waals surface area contributed by atoms with Crippen molar-refractivity contribution >= 4 is 43.5 Å². The Hall–Kier alpha value is -4.15. The van der Waals surface area contributed by atoms with Crippen LogP contribution in [0.3, 0.4) is 0 Å². The predicted octanol–water partition coefficient (Wildman–Crippen LogP) is 6.13. The third-order valence-electron chi connectivity index (χ3n) is 7.21. The second kappa shape index (κ2) is 15.2. The zero-order valence-corrected chi connectivity index (χ0v) is 28.2. The highest BCUT2D eigenvalue weighted by atomic mass is 79.9. The van der Waals surface area contributed by atoms with Gasteiger partial charge in [0.05, 0.1) is 22.2 Å². The number of anilines is 1. The summed E-state index contributed by atoms with van der Waals surface area (Å²) in [7, 11) is -2.75. The van der Waals surface area contributed by atoms with Crippen molar-refractivity contribution in [1.82, 2.24) is 10.2 Å². The number of ether oxygens (including phenoxy) is 1. The van der Waals surface area contributed by atoms with Crippen molar-refractivity contribution in [2.24, 2.45) is 0 Å². The Labute approximate surface area is 274 Å². The second-order valence-electron chi connectivity index (χ2n) is 11.0. The van der Waals surface area contributed by atoms with Crippen LogP contribution in [-0.2, 0) is 32.6 Å². The normalized spacial score (nSPS) is 12.0. The molecule has 8 nitrogen and oxygen atoms in total. The standard InChI is InChI=1S/C35H38BrN3O5S/c1-25(2)37-35(41)32(21-27-11-7-5-8-12-27)38(23-28-13-9-6-10-14-28)34(40)24-39(29-17-15-26(3)16-18-29)45(42,43)30-19-20-33(44-4)31(36)22-30/h5-20,22,25,32H,21,23-24H2,1-4H3,(H,37,41)/t32-/m1/s1. The van der Waals surface area contributed by atoms with Crippen molar-refractivity contribution in [2.75, 3.05) is 18.0 Å². The Bertz CT molecular complexity index is 1700. The van der Waals surface area contributed by atoms with Crippen LogP contribution in [0.2, 0.25) is 0 Å². The van der Waals surface area contributed by atoms with Crippen molar-refractivity contribution < 1.29 is 22.7 Å². The molecule has 0 bridgehead atoms. The molecule has 0 radical (unpaired) electrons. The van der Waals surface area contributed by atoms with Gasteiger partial charge in [-0.05, 0) is 78.2 Å². The molecule has 236 valence electrons. The Balaban J connectivity index is 1.80. The van der Waals surface area contributed by atoms with Gasteiger partial charge in [-0.25, -0.2) is 8.42 Å². The molecule has 0 saturated heterocycles. The number of sulfonamides is 1. The van der Waals surface area contributed by atoms with E-state index in [1.54, 1.807) is 30.3 Å². The van der Waals surface area contributed by atoms with E-state index < -0.39 is 28.5 Å². The maximum atomic E-state index is 14.5. The Kier molecular flexibility index (Phi) is 11.4. The molecule has 4 aromatic rings. The van der Waals surface area contributed by atoms with Crippen LogP contribution in [0.5, 0.6) is 5.75 Å². The molecule has 0 heterocycles. The van der Waals surface area contributed by atoms with Crippen molar-refractivity contribution in [1.29, 1.82) is 0 Å². The van der Waals surface area contributed by atoms with E-state index in [-0.39, 0.29) is 29.8 Å². The number of halogens is 1. The van der Waals surface area contributed by atoms with Crippen molar-refractivity contribution in [3.63, 3.8) is 0 Å². The Morgan fingerprint density at radius 3 is 2.02 bits per heavy atom. The number of carbonyl (C=O) groups excluding carboxylic acids is 2. The Morgan fingerprint density at radius 2 is 1.47 bits per heavy atom. The molecular formula is C35H38BrN3O5S. The summed E-state index contributed by atoms with van der Waals surface area (Å²) in [6, 6.07) is 29.2. The number of benzene rings is 4. The fourth-order valence-corrected chi connectivity index (χ4v) is 7.02. The van der Waals surface area contributed by atoms with Crippen LogP contribution >= 0.6 is 15.9 Å². The minimum absolute atomic E-state index is 0.0171. The van der Waals surface area contributed by atoms with Crippen LogP contribution < -0.4 is 14.4 Å². The highest BCUT2D eigenvalue weighted by Crippen LogP contribution is 2.31. The molecule has 0 unspecified atom stereocenters. The molecule has 1 atom stereocenters. The third kappa shape index (κ3) is 8.73. The van der Waals surface area contributed by atoms with E-state index >= 15 is 0 Å². The lowest BCUT2D eigenvalue weighted by Crippen LogP contribution is -2.54. The lowest BCUT2D eigenvalue weighted by molar-refractivity contribution is -0.140. The van der Waals surface area contributed by atoms with Crippen molar-refractivity contribution in [3.05, 3.63) is 124 Å². The zero-order valence-electron chi connectivity index (χ0n) is 25.8. The fourth-order valence-electron chi connectivity index (χ4n) is 4.89. The summed E-state index contributed by atoms with van der Waals surface area (Å²) in [5.74, 6) is -0.363. The van der Waals surface area contributed by atoms with Gasteiger partial charge in [-0.2, -0.15) is 0 Å². The maximum Gasteiger partial charge on any atom is 0.264 e. The topological polar surface area (TPSA) is 96.0 Å². The summed E-state index contributed by atoms with van der Waals surface area (Å²) in [5, 5.41) is 2.97. The molecule has 0 saturated carbocycles. The van der Waals surface area contributed by atoms with Gasteiger partial charge in [-0.1, -0.05) is 78.4 Å². The van der Waals surface area contributed by atoms with Gasteiger partial charge < -0.3 is 15.0 Å². The molecule has 0 fully saturated rings. The summed E-state index contributed by atoms with van der Waals surface area (Å²) in [6.45, 7) is 5.21. The van der Waals surface area contributed by atoms with Crippen LogP contribution in [0.25, 0.3) is 0 Å². The molecule has 4 rings (SSSR count). The van der Waals surface area contributed by atoms with Gasteiger partial charge in [0.15, 0.2) is 0 Å². The van der Waals surface area contributed by atoms with Gasteiger partial charge in [-0.15, -0.1) is 0 Å². The van der Waals surface area contributed by atoms with E-state index in [2.05, 4.69) is 21.2 Å². The first-order chi connectivity index (χ1) is 21.5. The number of aryl methyl sites for hydroxylation is 1. The lowest BCUT2D eigenvalue weighted by atomic mass is 10.0. The number of nitrogens with zero attached hydrogens (tertiary/aromatic N) is 2. The molecule has 0 spiro atoms. The minimum Gasteiger partial charge on any atom is -0.496 e. The quantitative estimate of drug-likeness (QED) is 0.182. The number of hydrogen-bond donors (Lipinski definition) is 1. The summed E-state index contributed by atoms with van der Waals surface area (Å²) in [6.07, 6.45) is 0.251. The number of carbonyl (C=O) groups is 2. The van der Waals surface area contributed by atoms with E-state index in [0.717, 1.165) is 21.0 Å². The Morgan fingerprint density at radius 1 is 0.867 bits per heavy atom. The van der Waals surface area contributed by atoms with Gasteiger partial charge in [0, 0.05) is 19.0 Å². The average molecular weight is 693 g/mol. The van der Waals surface area contributed by atoms with E-state index in [1.807, 2.05) is 81.4 Å². The van der Waals surface area contributed by atoms with E-state index in [0.29, 0.717) is 15.9 Å². The van der Waals surface area contributed by atoms with E-state index in [4.69, 9.17) is 4.74 Å². The smallest absolute Gasteiger partial charge is 0.264 e. The molecule has 0 aliphatic rings. The van der Waals surface area contributed by atoms with Crippen LogP contribution in [0.1, 0.15) is 30.5 Å². The van der Waals surface area contributed by atoms with Crippen LogP contribution in [-0.4, -0.2) is 50.9 Å². The minimum atomic E-state index is -4.24. The summed E-state index contributed by atoms with van der Waals surface area (Å²) < 4.78 is 35.3. The fraction of sp³-hybridized carbons (Fsp3) is 0.257. The average Bonchev–Trinajstić information content (AvgIpc) is 3.02. The number of hydrogen-bond acceptors (Lipinski definition) is 5. The SMILES string of the molecule is COc1ccc(S(=O)(=O)N(CC(=O)N(Cc2ccccc2)[C@H](Cc2ccccc2)C(=O)NC(C)C)c2ccc(C)cc2)cc1Br. The highest BCUT2D eigenvalue weighted by molar-refractivity contribution is 9.10. The van der Waals surface area contributed by atoms with E-state index in [9.17, 15) is 18.0 Å². The van der Waals surface area contributed by atoms with Gasteiger partial charge in [0.25, 0.3) is 10.0 Å². The first-order valence-corrected chi connectivity index (χ1v) is 16.8. The lowest BCUT2D eigenvalue weighted by Gasteiger charge is -2.34. The summed E-state index contributed by atoms with van der Waals surface area (Å²) >= 11 is 3.38. The first-order valence-electron chi connectivity index (χ1n) is 14.6. The second-order valence-corrected chi connectivity index (χ2v) is 13.7. The molecule has 1 N–H and O–H groups in total. The molecule has 45 heavy (non-hydrogen) atoms. The van der Waals surface area contributed by atoms with Gasteiger partial charge >= 0.3 is 0 Å². The first kappa shape index (κ1) is 33.7. The molecule has 0 aromatic heterocycles. The van der Waals surface area contributed by atoms with Crippen LogP contribution in [0.15, 0.2) is 112 Å². The largest absolute Gasteiger partial charge is 0.496 e. The molecular weight excluding hydrogens is 654 g/mol. The van der Waals surface area contributed by atoms with Crippen LogP contribution in [0.4, 0.5) is 5.69 Å². The molecule has 2 amide bonds. The van der Waals surface area contributed by atoms with Gasteiger partial charge in [-0.3, -0.25) is 13.9 Å². The third-order valence-corrected chi connectivity index (χ3v) is 9.60. The molecule has 0 aliphatic heterocycles. The molecule has 4 aromatic carbocycles. The molecule has 10 heteroatoms. The molecule has 0 aliphatic carbocycles. The maximum absolute atomic E-state index is 14.5. The monoisotopic (exact) mass is 691 g/mol. The number of rotatable bonds is 13. The van der Waals surface area contributed by atoms with Gasteiger partial charge in [0.1, 0.15) is 18.3 Å².